The number of benzene rings is 2. The number of hydrogen-bond donors (Lipinski definition) is 1. The number of ether oxygens (including phenoxy) is 1. The van der Waals surface area contributed by atoms with E-state index in [9.17, 15) is 4.79 Å². The number of methoxy groups -OCH3 is 1. The Balaban J connectivity index is 1.59. The number of rotatable bonds is 4. The lowest BCUT2D eigenvalue weighted by atomic mass is 10.2. The minimum absolute atomic E-state index is 0.202. The van der Waals surface area contributed by atoms with E-state index in [0.717, 1.165) is 26.3 Å². The largest absolute Gasteiger partial charge is 0.496 e. The molecule has 0 atom stereocenters. The predicted octanol–water partition coefficient (Wildman–Crippen LogP) is 5.34. The van der Waals surface area contributed by atoms with Crippen LogP contribution in [-0.2, 0) is 6.54 Å². The Kier molecular flexibility index (Phi) is 4.76. The van der Waals surface area contributed by atoms with Crippen LogP contribution in [0.1, 0.15) is 16.1 Å². The third kappa shape index (κ3) is 3.63. The summed E-state index contributed by atoms with van der Waals surface area (Å²) in [6, 6.07) is 14.7. The third-order valence-electron chi connectivity index (χ3n) is 4.17. The number of pyridine rings is 1. The van der Waals surface area contributed by atoms with Crippen molar-refractivity contribution < 1.29 is 13.9 Å². The van der Waals surface area contributed by atoms with E-state index in [1.165, 1.54) is 0 Å². The zero-order valence-electron chi connectivity index (χ0n) is 14.3. The number of carbonyl (C=O) groups excluding carboxylic acids is 1. The smallest absolute Gasteiger partial charge is 0.287 e. The van der Waals surface area contributed by atoms with Gasteiger partial charge in [0.25, 0.3) is 5.91 Å². The summed E-state index contributed by atoms with van der Waals surface area (Å²) in [5, 5.41) is 5.13. The number of carbonyl (C=O) groups is 1. The van der Waals surface area contributed by atoms with Gasteiger partial charge in [-0.25, -0.2) is 4.98 Å². The van der Waals surface area contributed by atoms with Gasteiger partial charge in [0, 0.05) is 32.4 Å². The average Bonchev–Trinajstić information content (AvgIpc) is 3.07. The van der Waals surface area contributed by atoms with Gasteiger partial charge in [0.1, 0.15) is 5.75 Å². The molecule has 0 radical (unpaired) electrons. The van der Waals surface area contributed by atoms with Crippen LogP contribution in [0.5, 0.6) is 5.75 Å². The summed E-state index contributed by atoms with van der Waals surface area (Å²) < 4.78 is 11.9. The molecule has 0 bridgehead atoms. The molecule has 2 aromatic carbocycles. The van der Waals surface area contributed by atoms with Crippen LogP contribution >= 0.6 is 27.5 Å². The van der Waals surface area contributed by atoms with Crippen LogP contribution < -0.4 is 10.1 Å². The standard InChI is InChI=1S/C20H14BrClN2O3/c1-26-17-5-3-14(21)7-13(17)10-23-19(25)18-8-12-6-11-2-4-15(22)9-16(11)24-20(12)27-18/h2-9H,10H2,1H3,(H,23,25). The second-order valence-electron chi connectivity index (χ2n) is 5.97. The second kappa shape index (κ2) is 7.21. The Morgan fingerprint density at radius 1 is 1.19 bits per heavy atom. The van der Waals surface area contributed by atoms with E-state index in [0.29, 0.717) is 23.0 Å². The van der Waals surface area contributed by atoms with Crippen molar-refractivity contribution in [1.29, 1.82) is 0 Å². The van der Waals surface area contributed by atoms with Crippen LogP contribution in [0.4, 0.5) is 0 Å². The molecule has 1 amide bonds. The number of furan rings is 1. The fourth-order valence-electron chi connectivity index (χ4n) is 2.86. The van der Waals surface area contributed by atoms with Crippen molar-refractivity contribution in [3.63, 3.8) is 0 Å². The quantitative estimate of drug-likeness (QED) is 0.461. The van der Waals surface area contributed by atoms with Gasteiger partial charge in [-0.2, -0.15) is 0 Å². The molecule has 0 spiro atoms. The molecule has 0 saturated carbocycles. The van der Waals surface area contributed by atoms with Crippen molar-refractivity contribution >= 4 is 55.4 Å². The number of amides is 1. The van der Waals surface area contributed by atoms with Gasteiger partial charge in [0.2, 0.25) is 5.71 Å². The normalized spacial score (nSPS) is 11.1. The molecule has 5 nitrogen and oxygen atoms in total. The maximum absolute atomic E-state index is 12.5. The number of nitrogens with one attached hydrogen (secondary N) is 1. The van der Waals surface area contributed by atoms with Gasteiger partial charge in [-0.15, -0.1) is 0 Å². The number of hydrogen-bond acceptors (Lipinski definition) is 4. The first kappa shape index (κ1) is 17.8. The summed E-state index contributed by atoms with van der Waals surface area (Å²) in [6.45, 7) is 0.309. The molecule has 136 valence electrons. The second-order valence-corrected chi connectivity index (χ2v) is 7.32. The average molecular weight is 446 g/mol. The Bertz CT molecular complexity index is 1170. The number of halogens is 2. The Hall–Kier alpha value is -2.57. The number of aromatic nitrogens is 1. The summed E-state index contributed by atoms with van der Waals surface area (Å²) >= 11 is 9.43. The minimum atomic E-state index is -0.322. The van der Waals surface area contributed by atoms with E-state index in [2.05, 4.69) is 26.2 Å². The van der Waals surface area contributed by atoms with Gasteiger partial charge in [0.05, 0.1) is 12.6 Å². The van der Waals surface area contributed by atoms with E-state index < -0.39 is 0 Å². The lowest BCUT2D eigenvalue weighted by molar-refractivity contribution is 0.0925. The molecule has 0 aliphatic heterocycles. The van der Waals surface area contributed by atoms with E-state index in [1.54, 1.807) is 25.3 Å². The molecular weight excluding hydrogens is 432 g/mol. The van der Waals surface area contributed by atoms with Gasteiger partial charge < -0.3 is 14.5 Å². The van der Waals surface area contributed by atoms with Crippen LogP contribution in [0.25, 0.3) is 22.0 Å². The zero-order valence-corrected chi connectivity index (χ0v) is 16.6. The molecule has 2 aromatic heterocycles. The van der Waals surface area contributed by atoms with Gasteiger partial charge >= 0.3 is 0 Å². The van der Waals surface area contributed by atoms with Crippen molar-refractivity contribution in [3.05, 3.63) is 69.3 Å². The minimum Gasteiger partial charge on any atom is -0.496 e. The SMILES string of the molecule is COc1ccc(Br)cc1CNC(=O)c1cc2cc3ccc(Cl)cc3nc2o1. The summed E-state index contributed by atoms with van der Waals surface area (Å²) in [7, 11) is 1.59. The van der Waals surface area contributed by atoms with Gasteiger partial charge in [-0.3, -0.25) is 4.79 Å². The molecule has 0 fully saturated rings. The summed E-state index contributed by atoms with van der Waals surface area (Å²) in [4.78, 5) is 17.0. The third-order valence-corrected chi connectivity index (χ3v) is 4.90. The molecule has 4 rings (SSSR count). The van der Waals surface area contributed by atoms with Gasteiger partial charge in [-0.05, 0) is 42.5 Å². The Labute approximate surface area is 168 Å². The lowest BCUT2D eigenvalue weighted by Gasteiger charge is -2.09. The topological polar surface area (TPSA) is 64.4 Å². The fraction of sp³-hybridized carbons (Fsp3) is 0.100. The molecule has 2 heterocycles. The fourth-order valence-corrected chi connectivity index (χ4v) is 3.43. The van der Waals surface area contributed by atoms with Crippen molar-refractivity contribution in [2.45, 2.75) is 6.54 Å². The molecular formula is C20H14BrClN2O3. The Morgan fingerprint density at radius 2 is 2.04 bits per heavy atom. The first-order chi connectivity index (χ1) is 13.0. The zero-order chi connectivity index (χ0) is 19.0. The molecule has 0 unspecified atom stereocenters. The van der Waals surface area contributed by atoms with E-state index >= 15 is 0 Å². The van der Waals surface area contributed by atoms with Crippen molar-refractivity contribution in [1.82, 2.24) is 10.3 Å². The molecule has 0 aliphatic carbocycles. The highest BCUT2D eigenvalue weighted by Gasteiger charge is 2.15. The van der Waals surface area contributed by atoms with Crippen LogP contribution in [0.3, 0.4) is 0 Å². The number of nitrogens with zero attached hydrogens (tertiary/aromatic N) is 1. The van der Waals surface area contributed by atoms with Crippen molar-refractivity contribution in [2.75, 3.05) is 7.11 Å². The predicted molar refractivity (Wildman–Crippen MR) is 108 cm³/mol. The highest BCUT2D eigenvalue weighted by Crippen LogP contribution is 2.26. The van der Waals surface area contributed by atoms with Crippen molar-refractivity contribution in [2.24, 2.45) is 0 Å². The summed E-state index contributed by atoms with van der Waals surface area (Å²) in [5.41, 5.74) is 1.97. The first-order valence-electron chi connectivity index (χ1n) is 8.14. The van der Waals surface area contributed by atoms with Crippen LogP contribution in [0.15, 0.2) is 57.4 Å². The van der Waals surface area contributed by atoms with Crippen molar-refractivity contribution in [3.8, 4) is 5.75 Å². The van der Waals surface area contributed by atoms with Crippen LogP contribution in [-0.4, -0.2) is 18.0 Å². The summed E-state index contributed by atoms with van der Waals surface area (Å²) in [6.07, 6.45) is 0. The van der Waals surface area contributed by atoms with Gasteiger partial charge in [-0.1, -0.05) is 33.6 Å². The summed E-state index contributed by atoms with van der Waals surface area (Å²) in [5.74, 6) is 0.581. The van der Waals surface area contributed by atoms with Gasteiger partial charge in [0.15, 0.2) is 5.76 Å². The highest BCUT2D eigenvalue weighted by atomic mass is 79.9. The lowest BCUT2D eigenvalue weighted by Crippen LogP contribution is -2.22. The monoisotopic (exact) mass is 444 g/mol. The maximum Gasteiger partial charge on any atom is 0.287 e. The molecule has 0 saturated heterocycles. The number of fused-ring (bicyclic) bond motifs is 2. The first-order valence-corrected chi connectivity index (χ1v) is 9.31. The molecule has 7 heteroatoms. The van der Waals surface area contributed by atoms with Crippen LogP contribution in [0, 0.1) is 0 Å². The van der Waals surface area contributed by atoms with E-state index in [-0.39, 0.29) is 11.7 Å². The van der Waals surface area contributed by atoms with Crippen LogP contribution in [0.2, 0.25) is 5.02 Å². The molecule has 4 aromatic rings. The molecule has 27 heavy (non-hydrogen) atoms. The van der Waals surface area contributed by atoms with E-state index in [1.807, 2.05) is 30.3 Å². The molecule has 0 aliphatic rings. The Morgan fingerprint density at radius 3 is 2.85 bits per heavy atom. The molecule has 1 N–H and O–H groups in total. The highest BCUT2D eigenvalue weighted by molar-refractivity contribution is 9.10. The maximum atomic E-state index is 12.5. The van der Waals surface area contributed by atoms with E-state index in [4.69, 9.17) is 20.8 Å².